The lowest BCUT2D eigenvalue weighted by Crippen LogP contribution is -2.30. The Morgan fingerprint density at radius 1 is 0.500 bits per heavy atom. The van der Waals surface area contributed by atoms with Gasteiger partial charge in [0.25, 0.3) is 0 Å². The van der Waals surface area contributed by atoms with Crippen molar-refractivity contribution in [1.29, 1.82) is 0 Å². The second-order valence-electron chi connectivity index (χ2n) is 11.4. The first-order chi connectivity index (χ1) is 19.6. The van der Waals surface area contributed by atoms with Crippen LogP contribution in [0.3, 0.4) is 0 Å². The zero-order valence-corrected chi connectivity index (χ0v) is 26.8. The predicted octanol–water partition coefficient (Wildman–Crippen LogP) is 9.51. The molecule has 1 atom stereocenters. The third kappa shape index (κ3) is 29.8. The molecule has 0 aliphatic heterocycles. The van der Waals surface area contributed by atoms with Crippen molar-refractivity contribution >= 4 is 11.9 Å². The minimum atomic E-state index is -0.571. The van der Waals surface area contributed by atoms with E-state index in [9.17, 15) is 9.59 Å². The summed E-state index contributed by atoms with van der Waals surface area (Å²) in [5.41, 5.74) is 0. The first kappa shape index (κ1) is 38.9. The molecule has 0 rings (SSSR count). The van der Waals surface area contributed by atoms with Crippen LogP contribution >= 0.6 is 0 Å². The first-order valence-corrected chi connectivity index (χ1v) is 17.1. The van der Waals surface area contributed by atoms with E-state index < -0.39 is 6.10 Å². The largest absolute Gasteiger partial charge is 0.462 e. The Balaban J connectivity index is 3.94. The fourth-order valence-corrected chi connectivity index (χ4v) is 4.84. The lowest BCUT2D eigenvalue weighted by Gasteiger charge is -2.18. The van der Waals surface area contributed by atoms with E-state index in [0.717, 1.165) is 25.7 Å². The molecule has 6 nitrogen and oxygen atoms in total. The van der Waals surface area contributed by atoms with Gasteiger partial charge in [-0.1, -0.05) is 142 Å². The van der Waals surface area contributed by atoms with Gasteiger partial charge in [0.15, 0.2) is 6.10 Å². The summed E-state index contributed by atoms with van der Waals surface area (Å²) in [5, 5.41) is 0. The number of carbonyl (C=O) groups is 2. The molecule has 0 amide bonds. The highest BCUT2D eigenvalue weighted by Gasteiger charge is 2.17. The molecule has 0 bridgehead atoms. The molecule has 6 heteroatoms. The van der Waals surface area contributed by atoms with Crippen LogP contribution in [0.1, 0.15) is 168 Å². The Labute approximate surface area is 248 Å². The Morgan fingerprint density at radius 3 is 1.32 bits per heavy atom. The molecule has 0 aromatic heterocycles. The van der Waals surface area contributed by atoms with Crippen molar-refractivity contribution in [2.75, 3.05) is 33.5 Å². The third-order valence-corrected chi connectivity index (χ3v) is 7.43. The number of hydrogen-bond acceptors (Lipinski definition) is 6. The molecule has 0 N–H and O–H groups in total. The van der Waals surface area contributed by atoms with Crippen LogP contribution in [0.2, 0.25) is 0 Å². The summed E-state index contributed by atoms with van der Waals surface area (Å²) in [6.45, 7) is 5.64. The van der Waals surface area contributed by atoms with Crippen molar-refractivity contribution < 1.29 is 28.5 Å². The van der Waals surface area contributed by atoms with Crippen LogP contribution in [0.15, 0.2) is 0 Å². The number of unbranched alkanes of at least 4 members (excludes halogenated alkanes) is 20. The van der Waals surface area contributed by atoms with Crippen molar-refractivity contribution in [3.63, 3.8) is 0 Å². The summed E-state index contributed by atoms with van der Waals surface area (Å²) >= 11 is 0. The summed E-state index contributed by atoms with van der Waals surface area (Å²) in [6.07, 6.45) is 27.6. The number of esters is 2. The minimum Gasteiger partial charge on any atom is -0.462 e. The SMILES string of the molecule is CCCCCCCCCCCCCC(=O)OC[C@H](COCCOC)OC(=O)CCCCCCCCCCCCC. The van der Waals surface area contributed by atoms with Gasteiger partial charge in [-0.3, -0.25) is 9.59 Å². The summed E-state index contributed by atoms with van der Waals surface area (Å²) in [6, 6.07) is 0. The van der Waals surface area contributed by atoms with E-state index in [1.54, 1.807) is 7.11 Å². The summed E-state index contributed by atoms with van der Waals surface area (Å²) in [7, 11) is 1.62. The van der Waals surface area contributed by atoms with Gasteiger partial charge in [-0.05, 0) is 12.8 Å². The molecule has 40 heavy (non-hydrogen) atoms. The van der Waals surface area contributed by atoms with Gasteiger partial charge in [-0.15, -0.1) is 0 Å². The molecule has 0 heterocycles. The second kappa shape index (κ2) is 32.4. The molecule has 0 aromatic rings. The van der Waals surface area contributed by atoms with Crippen molar-refractivity contribution in [2.24, 2.45) is 0 Å². The topological polar surface area (TPSA) is 71.1 Å². The zero-order valence-electron chi connectivity index (χ0n) is 26.8. The molecular formula is C34H66O6. The Kier molecular flexibility index (Phi) is 31.5. The molecule has 0 unspecified atom stereocenters. The van der Waals surface area contributed by atoms with Crippen LogP contribution in [-0.4, -0.2) is 51.6 Å². The number of methoxy groups -OCH3 is 1. The fourth-order valence-electron chi connectivity index (χ4n) is 4.84. The van der Waals surface area contributed by atoms with Crippen LogP contribution in [-0.2, 0) is 28.5 Å². The smallest absolute Gasteiger partial charge is 0.306 e. The van der Waals surface area contributed by atoms with Gasteiger partial charge in [-0.2, -0.15) is 0 Å². The van der Waals surface area contributed by atoms with Crippen molar-refractivity contribution in [2.45, 2.75) is 174 Å². The van der Waals surface area contributed by atoms with Gasteiger partial charge < -0.3 is 18.9 Å². The molecule has 0 aliphatic rings. The van der Waals surface area contributed by atoms with Gasteiger partial charge in [-0.25, -0.2) is 0 Å². The Morgan fingerprint density at radius 2 is 0.900 bits per heavy atom. The fraction of sp³-hybridized carbons (Fsp3) is 0.941. The highest BCUT2D eigenvalue weighted by molar-refractivity contribution is 5.70. The van der Waals surface area contributed by atoms with Gasteiger partial charge in [0.1, 0.15) is 6.61 Å². The first-order valence-electron chi connectivity index (χ1n) is 17.1. The maximum Gasteiger partial charge on any atom is 0.306 e. The standard InChI is InChI=1S/C34H66O6/c1-4-6-8-10-12-14-16-18-20-22-24-26-33(35)39-31-32(30-38-29-28-37-3)40-34(36)27-25-23-21-19-17-15-13-11-9-7-5-2/h32H,4-31H2,1-3H3/t32-/m0/s1. The van der Waals surface area contributed by atoms with Gasteiger partial charge in [0, 0.05) is 20.0 Å². The predicted molar refractivity (Wildman–Crippen MR) is 166 cm³/mol. The van der Waals surface area contributed by atoms with E-state index in [2.05, 4.69) is 13.8 Å². The average molecular weight is 571 g/mol. The highest BCUT2D eigenvalue weighted by atomic mass is 16.6. The molecule has 0 aromatic carbocycles. The Hall–Kier alpha value is -1.14. The zero-order chi connectivity index (χ0) is 29.4. The van der Waals surface area contributed by atoms with Crippen molar-refractivity contribution in [3.8, 4) is 0 Å². The van der Waals surface area contributed by atoms with E-state index in [0.29, 0.717) is 26.1 Å². The highest BCUT2D eigenvalue weighted by Crippen LogP contribution is 2.14. The molecule has 0 aliphatic carbocycles. The molecule has 0 spiro atoms. The quantitative estimate of drug-likeness (QED) is 0.0592. The van der Waals surface area contributed by atoms with E-state index in [-0.39, 0.29) is 25.2 Å². The van der Waals surface area contributed by atoms with Crippen LogP contribution in [0.5, 0.6) is 0 Å². The molecule has 0 fully saturated rings. The van der Waals surface area contributed by atoms with E-state index in [1.807, 2.05) is 0 Å². The van der Waals surface area contributed by atoms with Crippen LogP contribution in [0.25, 0.3) is 0 Å². The molecular weight excluding hydrogens is 504 g/mol. The van der Waals surface area contributed by atoms with Crippen molar-refractivity contribution in [1.82, 2.24) is 0 Å². The van der Waals surface area contributed by atoms with E-state index in [4.69, 9.17) is 18.9 Å². The Bertz CT molecular complexity index is 539. The summed E-state index contributed by atoms with van der Waals surface area (Å²) in [4.78, 5) is 24.6. The lowest BCUT2D eigenvalue weighted by molar-refractivity contribution is -0.163. The minimum absolute atomic E-state index is 0.0494. The maximum absolute atomic E-state index is 12.4. The number of rotatable bonds is 32. The van der Waals surface area contributed by atoms with E-state index in [1.165, 1.54) is 116 Å². The van der Waals surface area contributed by atoms with Gasteiger partial charge >= 0.3 is 11.9 Å². The maximum atomic E-state index is 12.4. The third-order valence-electron chi connectivity index (χ3n) is 7.43. The molecule has 238 valence electrons. The second-order valence-corrected chi connectivity index (χ2v) is 11.4. The number of carbonyl (C=O) groups excluding carboxylic acids is 2. The molecule has 0 saturated heterocycles. The number of hydrogen-bond donors (Lipinski definition) is 0. The lowest BCUT2D eigenvalue weighted by atomic mass is 10.1. The number of ether oxygens (including phenoxy) is 4. The van der Waals surface area contributed by atoms with Crippen LogP contribution < -0.4 is 0 Å². The van der Waals surface area contributed by atoms with Gasteiger partial charge in [0.2, 0.25) is 0 Å². The summed E-state index contributed by atoms with van der Waals surface area (Å²) < 4.78 is 21.6. The normalized spacial score (nSPS) is 12.0. The van der Waals surface area contributed by atoms with Crippen molar-refractivity contribution in [3.05, 3.63) is 0 Å². The molecule has 0 saturated carbocycles. The monoisotopic (exact) mass is 570 g/mol. The summed E-state index contributed by atoms with van der Waals surface area (Å²) in [5.74, 6) is -0.461. The average Bonchev–Trinajstić information content (AvgIpc) is 2.95. The van der Waals surface area contributed by atoms with E-state index >= 15 is 0 Å². The van der Waals surface area contributed by atoms with Gasteiger partial charge in [0.05, 0.1) is 19.8 Å². The van der Waals surface area contributed by atoms with Crippen LogP contribution in [0.4, 0.5) is 0 Å². The van der Waals surface area contributed by atoms with Crippen LogP contribution in [0, 0.1) is 0 Å². The molecule has 0 radical (unpaired) electrons.